The van der Waals surface area contributed by atoms with E-state index in [-0.39, 0.29) is 18.2 Å². The fourth-order valence-corrected chi connectivity index (χ4v) is 3.12. The lowest BCUT2D eigenvalue weighted by molar-refractivity contribution is -0.276. The molecule has 0 bridgehead atoms. The summed E-state index contributed by atoms with van der Waals surface area (Å²) in [5.41, 5.74) is 5.21. The van der Waals surface area contributed by atoms with E-state index in [1.54, 1.807) is 0 Å². The van der Waals surface area contributed by atoms with Crippen LogP contribution < -0.4 is 25.4 Å². The number of benzene rings is 1. The first-order chi connectivity index (χ1) is 16.4. The summed E-state index contributed by atoms with van der Waals surface area (Å²) in [7, 11) is 0. The van der Waals surface area contributed by atoms with Gasteiger partial charge in [0.2, 0.25) is 0 Å². The summed E-state index contributed by atoms with van der Waals surface area (Å²) < 4.78 is 88.6. The molecule has 0 atom stereocenters. The van der Waals surface area contributed by atoms with Gasteiger partial charge >= 0.3 is 18.8 Å². The Morgan fingerprint density at radius 1 is 1.03 bits per heavy atom. The number of aromatic nitrogens is 2. The van der Waals surface area contributed by atoms with Gasteiger partial charge in [-0.1, -0.05) is 0 Å². The van der Waals surface area contributed by atoms with Crippen molar-refractivity contribution in [1.82, 2.24) is 14.9 Å². The quantitative estimate of drug-likeness (QED) is 0.546. The highest BCUT2D eigenvalue weighted by molar-refractivity contribution is 6.01. The van der Waals surface area contributed by atoms with Crippen molar-refractivity contribution in [1.29, 1.82) is 0 Å². The highest BCUT2D eigenvalue weighted by Crippen LogP contribution is 2.33. The molecule has 0 spiro atoms. The maximum Gasteiger partial charge on any atom is 0.573 e. The molecule has 16 heteroatoms. The second-order valence-electron chi connectivity index (χ2n) is 7.13. The first-order valence-electron chi connectivity index (χ1n) is 10.0. The van der Waals surface area contributed by atoms with Crippen molar-refractivity contribution in [3.63, 3.8) is 0 Å². The number of carbonyl (C=O) groups excluding carboxylic acids is 1. The number of amides is 2. The Kier molecular flexibility index (Phi) is 8.06. The summed E-state index contributed by atoms with van der Waals surface area (Å²) >= 11 is 0. The molecule has 1 aromatic carbocycles. The van der Waals surface area contributed by atoms with E-state index in [9.17, 15) is 31.1 Å². The van der Waals surface area contributed by atoms with Gasteiger partial charge < -0.3 is 25.3 Å². The van der Waals surface area contributed by atoms with Gasteiger partial charge in [0.05, 0.1) is 13.2 Å². The number of hydrogen-bond acceptors (Lipinski definition) is 8. The molecule has 192 valence electrons. The molecule has 3 N–H and O–H groups in total. The van der Waals surface area contributed by atoms with Crippen LogP contribution in [0.15, 0.2) is 30.6 Å². The lowest BCUT2D eigenvalue weighted by Gasteiger charge is -2.29. The third kappa shape index (κ3) is 8.64. The fourth-order valence-electron chi connectivity index (χ4n) is 3.12. The molecule has 1 aromatic heterocycles. The van der Waals surface area contributed by atoms with E-state index in [2.05, 4.69) is 24.8 Å². The topological polar surface area (TPSA) is 115 Å². The van der Waals surface area contributed by atoms with Crippen LogP contribution in [-0.2, 0) is 4.74 Å². The van der Waals surface area contributed by atoms with E-state index >= 15 is 0 Å². The molecule has 1 saturated heterocycles. The van der Waals surface area contributed by atoms with Gasteiger partial charge in [0.25, 0.3) is 0 Å². The standard InChI is InChI=1S/C19H20F6N6O4/c20-18(21,22)34-13-7-12(8-14(9-13)35-19(23,24)25)29-17(32)31(16-10-15(26)27-11-28-16)2-1-30-3-5-33-6-4-30/h7-11H,1-6H2,(H,29,32)(H2,26,27,28). The number of urea groups is 1. The molecular formula is C19H20F6N6O4. The SMILES string of the molecule is Nc1cc(N(CCN2CCOCC2)C(=O)Nc2cc(OC(F)(F)F)cc(OC(F)(F)F)c2)ncn1. The highest BCUT2D eigenvalue weighted by Gasteiger charge is 2.34. The average Bonchev–Trinajstić information content (AvgIpc) is 2.72. The molecule has 1 fully saturated rings. The Morgan fingerprint density at radius 3 is 2.17 bits per heavy atom. The second kappa shape index (κ2) is 10.8. The molecule has 3 rings (SSSR count). The smallest absolute Gasteiger partial charge is 0.406 e. The predicted octanol–water partition coefficient (Wildman–Crippen LogP) is 3.23. The van der Waals surface area contributed by atoms with Crippen LogP contribution in [0.4, 0.5) is 48.5 Å². The van der Waals surface area contributed by atoms with Gasteiger partial charge in [0.15, 0.2) is 0 Å². The molecule has 0 radical (unpaired) electrons. The Balaban J connectivity index is 1.85. The van der Waals surface area contributed by atoms with Crippen LogP contribution in [0.3, 0.4) is 0 Å². The number of alkyl halides is 6. The minimum Gasteiger partial charge on any atom is -0.406 e. The van der Waals surface area contributed by atoms with Crippen LogP contribution in [0.25, 0.3) is 0 Å². The molecule has 1 aliphatic rings. The van der Waals surface area contributed by atoms with E-state index in [0.717, 1.165) is 11.2 Å². The Labute approximate surface area is 194 Å². The van der Waals surface area contributed by atoms with Crippen LogP contribution in [0, 0.1) is 0 Å². The molecule has 1 aliphatic heterocycles. The van der Waals surface area contributed by atoms with Crippen LogP contribution >= 0.6 is 0 Å². The largest absolute Gasteiger partial charge is 0.573 e. The first kappa shape index (κ1) is 26.1. The number of halogens is 6. The Morgan fingerprint density at radius 2 is 1.63 bits per heavy atom. The maximum atomic E-state index is 13.0. The second-order valence-corrected chi connectivity index (χ2v) is 7.13. The van der Waals surface area contributed by atoms with E-state index in [4.69, 9.17) is 10.5 Å². The number of rotatable bonds is 7. The molecule has 10 nitrogen and oxygen atoms in total. The number of anilines is 3. The average molecular weight is 510 g/mol. The first-order valence-corrected chi connectivity index (χ1v) is 10.0. The third-order valence-electron chi connectivity index (χ3n) is 4.54. The minimum absolute atomic E-state index is 0.0422. The van der Waals surface area contributed by atoms with Gasteiger partial charge in [-0.05, 0) is 0 Å². The number of nitrogens with one attached hydrogen (secondary N) is 1. The Hall–Kier alpha value is -3.53. The Bertz CT molecular complexity index is 982. The number of morpholine rings is 1. The summed E-state index contributed by atoms with van der Waals surface area (Å²) in [6, 6.07) is 2.17. The normalized spacial score (nSPS) is 14.9. The van der Waals surface area contributed by atoms with E-state index in [0.29, 0.717) is 51.0 Å². The number of carbonyl (C=O) groups is 1. The van der Waals surface area contributed by atoms with Crippen molar-refractivity contribution in [2.24, 2.45) is 0 Å². The van der Waals surface area contributed by atoms with Crippen molar-refractivity contribution < 1.29 is 45.3 Å². The number of hydrogen-bond donors (Lipinski definition) is 2. The zero-order valence-corrected chi connectivity index (χ0v) is 17.9. The van der Waals surface area contributed by atoms with Crippen LogP contribution in [0.1, 0.15) is 0 Å². The van der Waals surface area contributed by atoms with Gasteiger partial charge in [-0.3, -0.25) is 9.80 Å². The summed E-state index contributed by atoms with van der Waals surface area (Å²) in [6.45, 7) is 2.65. The number of ether oxygens (including phenoxy) is 3. The highest BCUT2D eigenvalue weighted by atomic mass is 19.4. The zero-order chi connectivity index (χ0) is 25.6. The third-order valence-corrected chi connectivity index (χ3v) is 4.54. The van der Waals surface area contributed by atoms with Gasteiger partial charge in [-0.15, -0.1) is 26.3 Å². The van der Waals surface area contributed by atoms with Crippen molar-refractivity contribution in [2.75, 3.05) is 55.3 Å². The van der Waals surface area contributed by atoms with Crippen LogP contribution in [0.5, 0.6) is 11.5 Å². The minimum atomic E-state index is -5.19. The molecule has 2 amide bonds. The van der Waals surface area contributed by atoms with Gasteiger partial charge in [0, 0.05) is 56.1 Å². The molecule has 0 saturated carbocycles. The lowest BCUT2D eigenvalue weighted by Crippen LogP contribution is -2.44. The van der Waals surface area contributed by atoms with Crippen molar-refractivity contribution in [3.8, 4) is 11.5 Å². The van der Waals surface area contributed by atoms with Crippen molar-refractivity contribution in [2.45, 2.75) is 12.7 Å². The van der Waals surface area contributed by atoms with Crippen molar-refractivity contribution >= 4 is 23.4 Å². The summed E-state index contributed by atoms with van der Waals surface area (Å²) in [6.07, 6.45) is -9.28. The molecule has 0 aliphatic carbocycles. The van der Waals surface area contributed by atoms with Gasteiger partial charge in [0.1, 0.15) is 29.5 Å². The summed E-state index contributed by atoms with van der Waals surface area (Å²) in [5, 5.41) is 2.25. The monoisotopic (exact) mass is 510 g/mol. The molecule has 0 unspecified atom stereocenters. The summed E-state index contributed by atoms with van der Waals surface area (Å²) in [5.74, 6) is -1.94. The van der Waals surface area contributed by atoms with E-state index in [1.165, 1.54) is 6.07 Å². The van der Waals surface area contributed by atoms with Gasteiger partial charge in [-0.25, -0.2) is 14.8 Å². The number of nitrogens with zero attached hydrogens (tertiary/aromatic N) is 4. The molecular weight excluding hydrogens is 490 g/mol. The van der Waals surface area contributed by atoms with Crippen LogP contribution in [0.2, 0.25) is 0 Å². The van der Waals surface area contributed by atoms with Crippen LogP contribution in [-0.4, -0.2) is 73.0 Å². The molecule has 35 heavy (non-hydrogen) atoms. The zero-order valence-electron chi connectivity index (χ0n) is 17.9. The van der Waals surface area contributed by atoms with E-state index < -0.39 is 35.9 Å². The van der Waals surface area contributed by atoms with Gasteiger partial charge in [-0.2, -0.15) is 0 Å². The van der Waals surface area contributed by atoms with E-state index in [1.807, 2.05) is 4.90 Å². The predicted molar refractivity (Wildman–Crippen MR) is 110 cm³/mol. The van der Waals surface area contributed by atoms with Crippen molar-refractivity contribution in [3.05, 3.63) is 30.6 Å². The number of nitrogens with two attached hydrogens (primary N) is 1. The molecule has 2 aromatic rings. The lowest BCUT2D eigenvalue weighted by atomic mass is 10.2. The number of nitrogen functional groups attached to an aromatic ring is 1. The summed E-state index contributed by atoms with van der Waals surface area (Å²) in [4.78, 5) is 23.9. The fraction of sp³-hybridized carbons (Fsp3) is 0.421. The molecule has 2 heterocycles. The maximum absolute atomic E-state index is 13.0.